The lowest BCUT2D eigenvalue weighted by Crippen LogP contribution is -2.29. The molecule has 0 radical (unpaired) electrons. The monoisotopic (exact) mass is 240 g/mol. The number of alkyl halides is 2. The maximum atomic E-state index is 13.3. The third-order valence-electron chi connectivity index (χ3n) is 3.63. The minimum absolute atomic E-state index is 0.0377. The average Bonchev–Trinajstić information content (AvgIpc) is 2.27. The Bertz CT molecular complexity index is 390. The zero-order valence-electron chi connectivity index (χ0n) is 10.00. The van der Waals surface area contributed by atoms with Gasteiger partial charge in [0.25, 0.3) is 0 Å². The van der Waals surface area contributed by atoms with E-state index in [9.17, 15) is 13.9 Å². The highest BCUT2D eigenvalue weighted by Gasteiger charge is 2.39. The fourth-order valence-electron chi connectivity index (χ4n) is 2.65. The summed E-state index contributed by atoms with van der Waals surface area (Å²) >= 11 is 0. The molecule has 1 N–H and O–H groups in total. The van der Waals surface area contributed by atoms with Crippen LogP contribution in [0.5, 0.6) is 0 Å². The van der Waals surface area contributed by atoms with Gasteiger partial charge in [-0.1, -0.05) is 24.3 Å². The van der Waals surface area contributed by atoms with Crippen molar-refractivity contribution in [3.05, 3.63) is 35.4 Å². The normalized spacial score (nSPS) is 25.5. The largest absolute Gasteiger partial charge is 0.388 e. The van der Waals surface area contributed by atoms with E-state index in [-0.39, 0.29) is 18.8 Å². The highest BCUT2D eigenvalue weighted by molar-refractivity contribution is 5.28. The van der Waals surface area contributed by atoms with Crippen LogP contribution in [-0.2, 0) is 0 Å². The predicted molar refractivity (Wildman–Crippen MR) is 63.0 cm³/mol. The number of aliphatic hydroxyl groups excluding tert-OH is 1. The van der Waals surface area contributed by atoms with Crippen molar-refractivity contribution in [2.75, 3.05) is 0 Å². The number of hydrogen-bond acceptors (Lipinski definition) is 1. The summed E-state index contributed by atoms with van der Waals surface area (Å²) in [6.07, 6.45) is 0.195. The molecule has 0 spiro atoms. The van der Waals surface area contributed by atoms with Crippen LogP contribution in [0.2, 0.25) is 0 Å². The summed E-state index contributed by atoms with van der Waals surface area (Å²) in [5.41, 5.74) is 1.75. The van der Waals surface area contributed by atoms with Crippen molar-refractivity contribution >= 4 is 0 Å². The number of aryl methyl sites for hydroxylation is 1. The van der Waals surface area contributed by atoms with Gasteiger partial charge < -0.3 is 5.11 Å². The van der Waals surface area contributed by atoms with Gasteiger partial charge in [0, 0.05) is 12.8 Å². The van der Waals surface area contributed by atoms with Crippen molar-refractivity contribution in [1.82, 2.24) is 0 Å². The van der Waals surface area contributed by atoms with E-state index >= 15 is 0 Å². The molecule has 2 unspecified atom stereocenters. The van der Waals surface area contributed by atoms with Crippen LogP contribution in [-0.4, -0.2) is 11.0 Å². The molecule has 1 aliphatic carbocycles. The molecule has 3 heteroatoms. The van der Waals surface area contributed by atoms with E-state index in [1.54, 1.807) is 0 Å². The number of aliphatic hydroxyl groups is 1. The standard InChI is InChI=1S/C14H18F2O/c1-10-5-2-3-7-12(10)13(17)11-6-4-8-14(15,16)9-11/h2-3,5,7,11,13,17H,4,6,8-9H2,1H3. The van der Waals surface area contributed by atoms with Crippen LogP contribution in [0.3, 0.4) is 0 Å². The van der Waals surface area contributed by atoms with Crippen LogP contribution in [0.4, 0.5) is 8.78 Å². The van der Waals surface area contributed by atoms with Crippen molar-refractivity contribution in [2.24, 2.45) is 5.92 Å². The Balaban J connectivity index is 2.15. The van der Waals surface area contributed by atoms with Crippen LogP contribution in [0.25, 0.3) is 0 Å². The lowest BCUT2D eigenvalue weighted by Gasteiger charge is -2.32. The van der Waals surface area contributed by atoms with Crippen molar-refractivity contribution in [2.45, 2.75) is 44.6 Å². The first-order chi connectivity index (χ1) is 7.99. The smallest absolute Gasteiger partial charge is 0.248 e. The highest BCUT2D eigenvalue weighted by Crippen LogP contribution is 2.42. The van der Waals surface area contributed by atoms with Gasteiger partial charge in [-0.3, -0.25) is 0 Å². The number of hydrogen-bond donors (Lipinski definition) is 1. The third kappa shape index (κ3) is 2.83. The van der Waals surface area contributed by atoms with Crippen LogP contribution >= 0.6 is 0 Å². The summed E-state index contributed by atoms with van der Waals surface area (Å²) < 4.78 is 26.6. The quantitative estimate of drug-likeness (QED) is 0.832. The molecule has 0 bridgehead atoms. The Morgan fingerprint density at radius 2 is 2.06 bits per heavy atom. The summed E-state index contributed by atoms with van der Waals surface area (Å²) in [7, 11) is 0. The number of halogens is 2. The summed E-state index contributed by atoms with van der Waals surface area (Å²) in [5.74, 6) is -2.92. The van der Waals surface area contributed by atoms with Gasteiger partial charge in [-0.15, -0.1) is 0 Å². The lowest BCUT2D eigenvalue weighted by atomic mass is 9.80. The molecule has 1 aliphatic rings. The maximum absolute atomic E-state index is 13.3. The van der Waals surface area contributed by atoms with Gasteiger partial charge in [0.15, 0.2) is 0 Å². The molecular formula is C14H18F2O. The van der Waals surface area contributed by atoms with E-state index in [1.165, 1.54) is 0 Å². The minimum Gasteiger partial charge on any atom is -0.388 e. The Labute approximate surface area is 100 Å². The average molecular weight is 240 g/mol. The van der Waals surface area contributed by atoms with Crippen molar-refractivity contribution in [3.8, 4) is 0 Å². The third-order valence-corrected chi connectivity index (χ3v) is 3.63. The van der Waals surface area contributed by atoms with E-state index in [0.717, 1.165) is 11.1 Å². The van der Waals surface area contributed by atoms with Crippen LogP contribution in [0, 0.1) is 12.8 Å². The van der Waals surface area contributed by atoms with E-state index in [4.69, 9.17) is 0 Å². The maximum Gasteiger partial charge on any atom is 0.248 e. The van der Waals surface area contributed by atoms with Gasteiger partial charge in [0.1, 0.15) is 0 Å². The molecule has 1 nitrogen and oxygen atoms in total. The zero-order valence-corrected chi connectivity index (χ0v) is 10.00. The summed E-state index contributed by atoms with van der Waals surface area (Å²) in [5, 5.41) is 10.2. The molecule has 0 saturated heterocycles. The molecule has 0 aromatic heterocycles. The van der Waals surface area contributed by atoms with Crippen LogP contribution < -0.4 is 0 Å². The minimum atomic E-state index is -2.60. The first kappa shape index (κ1) is 12.5. The highest BCUT2D eigenvalue weighted by atomic mass is 19.3. The second-order valence-electron chi connectivity index (χ2n) is 5.01. The fourth-order valence-corrected chi connectivity index (χ4v) is 2.65. The molecule has 1 saturated carbocycles. The molecule has 17 heavy (non-hydrogen) atoms. The first-order valence-electron chi connectivity index (χ1n) is 6.11. The molecule has 0 amide bonds. The lowest BCUT2D eigenvalue weighted by molar-refractivity contribution is -0.0762. The van der Waals surface area contributed by atoms with E-state index < -0.39 is 12.0 Å². The molecule has 2 rings (SSSR count). The van der Waals surface area contributed by atoms with Gasteiger partial charge in [-0.25, -0.2) is 8.78 Å². The summed E-state index contributed by atoms with van der Waals surface area (Å²) in [6.45, 7) is 1.90. The van der Waals surface area contributed by atoms with Gasteiger partial charge in [-0.05, 0) is 36.8 Å². The summed E-state index contributed by atoms with van der Waals surface area (Å²) in [4.78, 5) is 0. The van der Waals surface area contributed by atoms with Gasteiger partial charge in [0.2, 0.25) is 5.92 Å². The van der Waals surface area contributed by atoms with Crippen LogP contribution in [0.1, 0.15) is 42.9 Å². The van der Waals surface area contributed by atoms with Gasteiger partial charge in [-0.2, -0.15) is 0 Å². The molecule has 2 atom stereocenters. The van der Waals surface area contributed by atoms with E-state index in [1.807, 2.05) is 31.2 Å². The second-order valence-corrected chi connectivity index (χ2v) is 5.01. The van der Waals surface area contributed by atoms with Crippen LogP contribution in [0.15, 0.2) is 24.3 Å². The number of benzene rings is 1. The number of rotatable bonds is 2. The Hall–Kier alpha value is -0.960. The van der Waals surface area contributed by atoms with E-state index in [0.29, 0.717) is 12.8 Å². The topological polar surface area (TPSA) is 20.2 Å². The van der Waals surface area contributed by atoms with E-state index in [2.05, 4.69) is 0 Å². The van der Waals surface area contributed by atoms with Crippen molar-refractivity contribution < 1.29 is 13.9 Å². The Kier molecular flexibility index (Phi) is 3.48. The zero-order chi connectivity index (χ0) is 12.5. The second kappa shape index (κ2) is 4.73. The molecular weight excluding hydrogens is 222 g/mol. The van der Waals surface area contributed by atoms with Crippen molar-refractivity contribution in [3.63, 3.8) is 0 Å². The predicted octanol–water partition coefficient (Wildman–Crippen LogP) is 3.85. The molecule has 0 heterocycles. The van der Waals surface area contributed by atoms with Crippen molar-refractivity contribution in [1.29, 1.82) is 0 Å². The molecule has 0 aliphatic heterocycles. The Morgan fingerprint density at radius 3 is 2.71 bits per heavy atom. The molecule has 1 aromatic rings. The first-order valence-corrected chi connectivity index (χ1v) is 6.11. The molecule has 94 valence electrons. The van der Waals surface area contributed by atoms with Gasteiger partial charge >= 0.3 is 0 Å². The van der Waals surface area contributed by atoms with Gasteiger partial charge in [0.05, 0.1) is 6.10 Å². The SMILES string of the molecule is Cc1ccccc1C(O)C1CCCC(F)(F)C1. The molecule has 1 fully saturated rings. The fraction of sp³-hybridized carbons (Fsp3) is 0.571. The Morgan fingerprint density at radius 1 is 1.35 bits per heavy atom. The molecule has 1 aromatic carbocycles. The summed E-state index contributed by atoms with van der Waals surface area (Å²) in [6, 6.07) is 7.46.